The predicted octanol–water partition coefficient (Wildman–Crippen LogP) is 15.1. The summed E-state index contributed by atoms with van der Waals surface area (Å²) in [6.07, 6.45) is 0. The Kier molecular flexibility index (Phi) is 6.85. The first-order valence-corrected chi connectivity index (χ1v) is 20.7. The van der Waals surface area contributed by atoms with Crippen LogP contribution >= 0.6 is 11.3 Å². The van der Waals surface area contributed by atoms with Crippen molar-refractivity contribution < 1.29 is 4.42 Å². The molecule has 0 aliphatic carbocycles. The molecule has 274 valence electrons. The van der Waals surface area contributed by atoms with Gasteiger partial charge in [0.25, 0.3) is 0 Å². The highest BCUT2D eigenvalue weighted by Gasteiger charge is 2.22. The fourth-order valence-electron chi connectivity index (χ4n) is 9.35. The SMILES string of the molecule is c1ccc(-c2cc3c(c4ccccc24)c2ccccc2n3-c2ccc3c(c2)oc2cccc(-c4nc(-c5ccc6ccccc6c5)c5sc6ccccc6c5n4)c23)cc1. The second kappa shape index (κ2) is 12.4. The number of rotatable bonds is 4. The molecule has 0 N–H and O–H groups in total. The van der Waals surface area contributed by atoms with Crippen LogP contribution in [0.3, 0.4) is 0 Å². The molecule has 5 heteroatoms. The molecule has 13 aromatic rings. The van der Waals surface area contributed by atoms with E-state index in [4.69, 9.17) is 14.4 Å². The highest BCUT2D eigenvalue weighted by molar-refractivity contribution is 7.26. The lowest BCUT2D eigenvalue weighted by molar-refractivity contribution is 0.668. The summed E-state index contributed by atoms with van der Waals surface area (Å²) in [5.74, 6) is 0.685. The highest BCUT2D eigenvalue weighted by Crippen LogP contribution is 2.45. The van der Waals surface area contributed by atoms with E-state index in [2.05, 4.69) is 193 Å². The predicted molar refractivity (Wildman–Crippen MR) is 248 cm³/mol. The zero-order chi connectivity index (χ0) is 38.6. The largest absolute Gasteiger partial charge is 0.456 e. The van der Waals surface area contributed by atoms with Crippen molar-refractivity contribution >= 4 is 96.9 Å². The number of hydrogen-bond donors (Lipinski definition) is 0. The lowest BCUT2D eigenvalue weighted by Crippen LogP contribution is -1.95. The molecule has 0 radical (unpaired) electrons. The van der Waals surface area contributed by atoms with E-state index in [-0.39, 0.29) is 0 Å². The Hall–Kier alpha value is -7.60. The lowest BCUT2D eigenvalue weighted by Gasteiger charge is -2.12. The van der Waals surface area contributed by atoms with Crippen LogP contribution in [0.4, 0.5) is 0 Å². The van der Waals surface area contributed by atoms with Crippen molar-refractivity contribution in [3.05, 3.63) is 188 Å². The first-order chi connectivity index (χ1) is 29.2. The molecule has 0 saturated heterocycles. The monoisotopic (exact) mass is 769 g/mol. The average Bonchev–Trinajstić information content (AvgIpc) is 3.98. The number of aromatic nitrogens is 3. The van der Waals surface area contributed by atoms with Gasteiger partial charge in [-0.15, -0.1) is 11.3 Å². The normalized spacial score (nSPS) is 12.1. The Morgan fingerprint density at radius 2 is 1.20 bits per heavy atom. The Balaban J connectivity index is 1.04. The molecule has 0 aliphatic heterocycles. The van der Waals surface area contributed by atoms with Gasteiger partial charge in [0.05, 0.1) is 26.9 Å². The minimum atomic E-state index is 0.685. The zero-order valence-corrected chi connectivity index (χ0v) is 32.4. The lowest BCUT2D eigenvalue weighted by atomic mass is 9.95. The van der Waals surface area contributed by atoms with Gasteiger partial charge >= 0.3 is 0 Å². The summed E-state index contributed by atoms with van der Waals surface area (Å²) in [5, 5.41) is 10.5. The molecular weight excluding hydrogens is 739 g/mol. The summed E-state index contributed by atoms with van der Waals surface area (Å²) in [6, 6.07) is 67.1. The van der Waals surface area contributed by atoms with Gasteiger partial charge in [-0.3, -0.25) is 0 Å². The Morgan fingerprint density at radius 3 is 2.10 bits per heavy atom. The van der Waals surface area contributed by atoms with E-state index in [1.54, 1.807) is 11.3 Å². The molecular formula is C54H31N3OS. The van der Waals surface area contributed by atoms with Gasteiger partial charge in [-0.25, -0.2) is 9.97 Å². The third-order valence-electron chi connectivity index (χ3n) is 12.0. The fraction of sp³-hybridized carbons (Fsp3) is 0. The second-order valence-corrected chi connectivity index (χ2v) is 16.3. The van der Waals surface area contributed by atoms with Crippen molar-refractivity contribution in [2.45, 2.75) is 0 Å². The van der Waals surface area contributed by atoms with Crippen molar-refractivity contribution in [2.24, 2.45) is 0 Å². The van der Waals surface area contributed by atoms with Gasteiger partial charge in [0.15, 0.2) is 5.82 Å². The molecule has 9 aromatic carbocycles. The molecule has 4 heterocycles. The van der Waals surface area contributed by atoms with E-state index in [1.165, 1.54) is 48.1 Å². The van der Waals surface area contributed by atoms with Crippen LogP contribution in [0.2, 0.25) is 0 Å². The number of furan rings is 1. The molecule has 0 unspecified atom stereocenters. The van der Waals surface area contributed by atoms with Crippen LogP contribution in [0, 0.1) is 0 Å². The van der Waals surface area contributed by atoms with Gasteiger partial charge in [-0.2, -0.15) is 0 Å². The summed E-state index contributed by atoms with van der Waals surface area (Å²) in [7, 11) is 0. The van der Waals surface area contributed by atoms with E-state index in [0.717, 1.165) is 71.1 Å². The molecule has 4 nitrogen and oxygen atoms in total. The van der Waals surface area contributed by atoms with Crippen molar-refractivity contribution in [3.63, 3.8) is 0 Å². The van der Waals surface area contributed by atoms with E-state index in [1.807, 2.05) is 0 Å². The van der Waals surface area contributed by atoms with Gasteiger partial charge in [-0.05, 0) is 75.1 Å². The Bertz CT molecular complexity index is 3860. The van der Waals surface area contributed by atoms with E-state index >= 15 is 0 Å². The average molecular weight is 770 g/mol. The third kappa shape index (κ3) is 4.83. The van der Waals surface area contributed by atoms with Crippen LogP contribution in [0.1, 0.15) is 0 Å². The summed E-state index contributed by atoms with van der Waals surface area (Å²) >= 11 is 1.76. The maximum Gasteiger partial charge on any atom is 0.161 e. The number of thiophene rings is 1. The van der Waals surface area contributed by atoms with Crippen LogP contribution in [0.5, 0.6) is 0 Å². The molecule has 0 saturated carbocycles. The van der Waals surface area contributed by atoms with E-state index in [9.17, 15) is 0 Å². The number of para-hydroxylation sites is 1. The topological polar surface area (TPSA) is 43.9 Å². The summed E-state index contributed by atoms with van der Waals surface area (Å²) in [6.45, 7) is 0. The molecule has 59 heavy (non-hydrogen) atoms. The standard InChI is InChI=1S/C54H31N3OS/c1-2-14-33(15-3-1)43-31-45-49(38-18-7-6-17-37(38)43)39-19-8-10-22-44(39)57(45)36-27-28-40-47(30-36)58-46-23-12-21-42(50(40)46)54-55-51(35-26-25-32-13-4-5-16-34(32)29-35)53-52(56-54)41-20-9-11-24-48(41)59-53/h1-31H. The van der Waals surface area contributed by atoms with Crippen LogP contribution in [0.25, 0.3) is 125 Å². The first kappa shape index (κ1) is 32.5. The second-order valence-electron chi connectivity index (χ2n) is 15.3. The minimum absolute atomic E-state index is 0.685. The molecule has 4 aromatic heterocycles. The highest BCUT2D eigenvalue weighted by atomic mass is 32.1. The maximum absolute atomic E-state index is 6.78. The fourth-order valence-corrected chi connectivity index (χ4v) is 10.5. The first-order valence-electron chi connectivity index (χ1n) is 19.9. The molecule has 0 atom stereocenters. The Morgan fingerprint density at radius 1 is 0.441 bits per heavy atom. The molecule has 0 fully saturated rings. The van der Waals surface area contributed by atoms with Gasteiger partial charge in [0.1, 0.15) is 11.2 Å². The van der Waals surface area contributed by atoms with E-state index in [0.29, 0.717) is 5.82 Å². The van der Waals surface area contributed by atoms with Crippen molar-refractivity contribution in [2.75, 3.05) is 0 Å². The summed E-state index contributed by atoms with van der Waals surface area (Å²) in [4.78, 5) is 10.8. The summed E-state index contributed by atoms with van der Waals surface area (Å²) in [5.41, 5.74) is 11.3. The number of fused-ring (bicyclic) bond motifs is 12. The van der Waals surface area contributed by atoms with Gasteiger partial charge in [0, 0.05) is 54.5 Å². The quantitative estimate of drug-likeness (QED) is 0.179. The van der Waals surface area contributed by atoms with Crippen LogP contribution in [0.15, 0.2) is 192 Å². The molecule has 0 spiro atoms. The third-order valence-corrected chi connectivity index (χ3v) is 13.2. The minimum Gasteiger partial charge on any atom is -0.456 e. The van der Waals surface area contributed by atoms with E-state index < -0.39 is 0 Å². The molecule has 0 amide bonds. The summed E-state index contributed by atoms with van der Waals surface area (Å²) < 4.78 is 11.5. The number of nitrogens with zero attached hydrogens (tertiary/aromatic N) is 3. The van der Waals surface area contributed by atoms with Gasteiger partial charge in [-0.1, -0.05) is 140 Å². The molecule has 13 rings (SSSR count). The van der Waals surface area contributed by atoms with Crippen LogP contribution in [-0.2, 0) is 0 Å². The Labute approximate surface area is 341 Å². The van der Waals surface area contributed by atoms with Crippen LogP contribution < -0.4 is 0 Å². The molecule has 0 aliphatic rings. The van der Waals surface area contributed by atoms with Gasteiger partial charge in [0.2, 0.25) is 0 Å². The zero-order valence-electron chi connectivity index (χ0n) is 31.6. The van der Waals surface area contributed by atoms with Crippen molar-refractivity contribution in [3.8, 4) is 39.5 Å². The van der Waals surface area contributed by atoms with Gasteiger partial charge < -0.3 is 8.98 Å². The molecule has 0 bridgehead atoms. The smallest absolute Gasteiger partial charge is 0.161 e. The number of hydrogen-bond acceptors (Lipinski definition) is 4. The van der Waals surface area contributed by atoms with Crippen molar-refractivity contribution in [1.29, 1.82) is 0 Å². The maximum atomic E-state index is 6.78. The number of benzene rings is 9. The van der Waals surface area contributed by atoms with Crippen molar-refractivity contribution in [1.82, 2.24) is 14.5 Å². The van der Waals surface area contributed by atoms with Crippen LogP contribution in [-0.4, -0.2) is 14.5 Å².